The van der Waals surface area contributed by atoms with Crippen molar-refractivity contribution in [3.8, 4) is 0 Å². The molecule has 1 aromatic rings. The fourth-order valence-corrected chi connectivity index (χ4v) is 2.85. The summed E-state index contributed by atoms with van der Waals surface area (Å²) in [7, 11) is 0. The van der Waals surface area contributed by atoms with Crippen LogP contribution < -0.4 is 5.32 Å². The molecule has 0 aliphatic carbocycles. The number of nitrogens with one attached hydrogen (secondary N) is 1. The maximum atomic E-state index is 13.2. The molecule has 7 heteroatoms. The summed E-state index contributed by atoms with van der Waals surface area (Å²) in [5, 5.41) is 2.72. The molecule has 0 unspecified atom stereocenters. The van der Waals surface area contributed by atoms with Gasteiger partial charge in [0.25, 0.3) is 0 Å². The van der Waals surface area contributed by atoms with Gasteiger partial charge < -0.3 is 19.7 Å². The molecule has 0 radical (unpaired) electrons. The van der Waals surface area contributed by atoms with E-state index in [9.17, 15) is 14.0 Å². The molecule has 26 heavy (non-hydrogen) atoms. The first kappa shape index (κ1) is 20.0. The molecule has 1 aliphatic rings. The topological polar surface area (TPSA) is 67.9 Å². The minimum Gasteiger partial charge on any atom is -0.445 e. The number of rotatable bonds is 4. The van der Waals surface area contributed by atoms with E-state index in [-0.39, 0.29) is 31.7 Å². The van der Waals surface area contributed by atoms with Gasteiger partial charge in [-0.1, -0.05) is 30.3 Å². The maximum Gasteiger partial charge on any atom is 0.410 e. The molecule has 144 valence electrons. The number of hydrogen-bond donors (Lipinski definition) is 1. The van der Waals surface area contributed by atoms with Gasteiger partial charge in [-0.05, 0) is 32.8 Å². The van der Waals surface area contributed by atoms with Crippen molar-refractivity contribution in [2.75, 3.05) is 19.8 Å². The normalized spacial score (nSPS) is 20.4. The molecule has 1 aromatic carbocycles. The first-order valence-corrected chi connectivity index (χ1v) is 8.78. The molecule has 1 heterocycles. The number of halogens is 1. The Hall–Kier alpha value is -2.31. The minimum atomic E-state index is -0.619. The lowest BCUT2D eigenvalue weighted by atomic mass is 9.96. The van der Waals surface area contributed by atoms with Gasteiger partial charge in [-0.15, -0.1) is 0 Å². The Labute approximate surface area is 153 Å². The van der Waals surface area contributed by atoms with Crippen molar-refractivity contribution in [3.05, 3.63) is 35.9 Å². The van der Waals surface area contributed by atoms with Crippen LogP contribution in [0, 0.1) is 5.92 Å². The zero-order valence-corrected chi connectivity index (χ0v) is 15.5. The number of alkyl halides is 1. The van der Waals surface area contributed by atoms with Crippen LogP contribution in [0.25, 0.3) is 0 Å². The Morgan fingerprint density at radius 2 is 1.92 bits per heavy atom. The SMILES string of the molecule is CC(C)(C)OC(=O)N[C@H]1C[C@@H](CF)CN(C(=O)OCc2ccccc2)C1. The van der Waals surface area contributed by atoms with Crippen LogP contribution in [0.2, 0.25) is 0 Å². The Kier molecular flexibility index (Phi) is 6.83. The molecule has 0 spiro atoms. The van der Waals surface area contributed by atoms with Crippen LogP contribution in [0.1, 0.15) is 32.8 Å². The van der Waals surface area contributed by atoms with E-state index in [0.29, 0.717) is 6.42 Å². The van der Waals surface area contributed by atoms with E-state index in [1.807, 2.05) is 30.3 Å². The Morgan fingerprint density at radius 1 is 1.23 bits per heavy atom. The van der Waals surface area contributed by atoms with E-state index in [1.54, 1.807) is 20.8 Å². The highest BCUT2D eigenvalue weighted by atomic mass is 19.1. The summed E-state index contributed by atoms with van der Waals surface area (Å²) in [5.41, 5.74) is 0.260. The summed E-state index contributed by atoms with van der Waals surface area (Å²) in [4.78, 5) is 25.7. The standard InChI is InChI=1S/C19H27FN2O4/c1-19(2,3)26-17(23)21-16-9-15(10-20)11-22(12-16)18(24)25-13-14-7-5-4-6-8-14/h4-8,15-16H,9-13H2,1-3H3,(H,21,23)/t15-,16-/m0/s1. The Balaban J connectivity index is 1.90. The van der Waals surface area contributed by atoms with Crippen LogP contribution >= 0.6 is 0 Å². The highest BCUT2D eigenvalue weighted by molar-refractivity contribution is 5.69. The van der Waals surface area contributed by atoms with Crippen molar-refractivity contribution in [3.63, 3.8) is 0 Å². The summed E-state index contributed by atoms with van der Waals surface area (Å²) < 4.78 is 23.8. The van der Waals surface area contributed by atoms with Gasteiger partial charge in [-0.2, -0.15) is 0 Å². The number of likely N-dealkylation sites (tertiary alicyclic amines) is 1. The molecule has 1 fully saturated rings. The van der Waals surface area contributed by atoms with Crippen LogP contribution in [0.5, 0.6) is 0 Å². The third kappa shape index (κ3) is 6.54. The summed E-state index contributed by atoms with van der Waals surface area (Å²) >= 11 is 0. The van der Waals surface area contributed by atoms with Crippen molar-refractivity contribution >= 4 is 12.2 Å². The monoisotopic (exact) mass is 366 g/mol. The minimum absolute atomic E-state index is 0.153. The van der Waals surface area contributed by atoms with Crippen molar-refractivity contribution in [2.45, 2.75) is 45.4 Å². The van der Waals surface area contributed by atoms with E-state index in [1.165, 1.54) is 4.90 Å². The Morgan fingerprint density at radius 3 is 2.54 bits per heavy atom. The van der Waals surface area contributed by atoms with Gasteiger partial charge in [0, 0.05) is 19.0 Å². The van der Waals surface area contributed by atoms with Crippen molar-refractivity contribution in [1.82, 2.24) is 10.2 Å². The summed E-state index contributed by atoms with van der Waals surface area (Å²) in [6.07, 6.45) is -0.624. The van der Waals surface area contributed by atoms with Crippen molar-refractivity contribution in [1.29, 1.82) is 0 Å². The number of amides is 2. The molecule has 0 saturated carbocycles. The van der Waals surface area contributed by atoms with Gasteiger partial charge in [0.1, 0.15) is 12.2 Å². The lowest BCUT2D eigenvalue weighted by Crippen LogP contribution is -2.53. The fraction of sp³-hybridized carbons (Fsp3) is 0.579. The number of alkyl carbamates (subject to hydrolysis) is 1. The fourth-order valence-electron chi connectivity index (χ4n) is 2.85. The summed E-state index contributed by atoms with van der Waals surface area (Å²) in [6.45, 7) is 5.44. The van der Waals surface area contributed by atoms with Crippen molar-refractivity contribution in [2.24, 2.45) is 5.92 Å². The molecule has 0 bridgehead atoms. The zero-order chi connectivity index (χ0) is 19.2. The first-order chi connectivity index (χ1) is 12.3. The lowest BCUT2D eigenvalue weighted by molar-refractivity contribution is 0.0397. The van der Waals surface area contributed by atoms with Crippen LogP contribution in [0.15, 0.2) is 30.3 Å². The van der Waals surface area contributed by atoms with Gasteiger partial charge in [-0.3, -0.25) is 4.39 Å². The number of ether oxygens (including phenoxy) is 2. The Bertz CT molecular complexity index is 603. The molecule has 2 rings (SSSR count). The molecule has 1 saturated heterocycles. The van der Waals surface area contributed by atoms with Gasteiger partial charge >= 0.3 is 12.2 Å². The van der Waals surface area contributed by atoms with Crippen molar-refractivity contribution < 1.29 is 23.5 Å². The highest BCUT2D eigenvalue weighted by Gasteiger charge is 2.32. The molecular weight excluding hydrogens is 339 g/mol. The van der Waals surface area contributed by atoms with Gasteiger partial charge in [0.2, 0.25) is 0 Å². The molecule has 0 aromatic heterocycles. The second-order valence-electron chi connectivity index (χ2n) is 7.54. The van der Waals surface area contributed by atoms with Crippen LogP contribution in [0.3, 0.4) is 0 Å². The smallest absolute Gasteiger partial charge is 0.410 e. The quantitative estimate of drug-likeness (QED) is 0.885. The maximum absolute atomic E-state index is 13.2. The molecule has 2 amide bonds. The number of carbonyl (C=O) groups is 2. The van der Waals surface area contributed by atoms with E-state index < -0.39 is 24.5 Å². The van der Waals surface area contributed by atoms with Crippen LogP contribution in [-0.4, -0.2) is 48.5 Å². The predicted octanol–water partition coefficient (Wildman–Crippen LogP) is 3.51. The third-order valence-electron chi connectivity index (χ3n) is 3.94. The van der Waals surface area contributed by atoms with Gasteiger partial charge in [0.15, 0.2) is 0 Å². The highest BCUT2D eigenvalue weighted by Crippen LogP contribution is 2.19. The molecule has 1 N–H and O–H groups in total. The largest absolute Gasteiger partial charge is 0.445 e. The average Bonchev–Trinajstić information content (AvgIpc) is 2.58. The third-order valence-corrected chi connectivity index (χ3v) is 3.94. The molecule has 2 atom stereocenters. The second kappa shape index (κ2) is 8.87. The van der Waals surface area contributed by atoms with E-state index in [0.717, 1.165) is 5.56 Å². The van der Waals surface area contributed by atoms with E-state index in [4.69, 9.17) is 9.47 Å². The number of hydrogen-bond acceptors (Lipinski definition) is 4. The lowest BCUT2D eigenvalue weighted by Gasteiger charge is -2.36. The zero-order valence-electron chi connectivity index (χ0n) is 15.5. The van der Waals surface area contributed by atoms with Crippen LogP contribution in [0.4, 0.5) is 14.0 Å². The number of carbonyl (C=O) groups excluding carboxylic acids is 2. The molecular formula is C19H27FN2O4. The number of nitrogens with zero attached hydrogens (tertiary/aromatic N) is 1. The number of benzene rings is 1. The first-order valence-electron chi connectivity index (χ1n) is 8.78. The molecule has 6 nitrogen and oxygen atoms in total. The molecule has 1 aliphatic heterocycles. The summed E-state index contributed by atoms with van der Waals surface area (Å²) in [6, 6.07) is 8.97. The second-order valence-corrected chi connectivity index (χ2v) is 7.54. The number of piperidine rings is 1. The van der Waals surface area contributed by atoms with Gasteiger partial charge in [0.05, 0.1) is 12.7 Å². The van der Waals surface area contributed by atoms with Crippen LogP contribution in [-0.2, 0) is 16.1 Å². The van der Waals surface area contributed by atoms with E-state index in [2.05, 4.69) is 5.32 Å². The van der Waals surface area contributed by atoms with E-state index >= 15 is 0 Å². The van der Waals surface area contributed by atoms with Gasteiger partial charge in [-0.25, -0.2) is 9.59 Å². The summed E-state index contributed by atoms with van der Waals surface area (Å²) in [5.74, 6) is -0.340. The average molecular weight is 366 g/mol. The predicted molar refractivity (Wildman–Crippen MR) is 95.4 cm³/mol.